The summed E-state index contributed by atoms with van der Waals surface area (Å²) in [6.45, 7) is 1.86. The molecule has 0 aliphatic rings. The van der Waals surface area contributed by atoms with Crippen LogP contribution >= 0.6 is 0 Å². The molecule has 1 atom stereocenters. The number of imidazole rings is 1. The van der Waals surface area contributed by atoms with Gasteiger partial charge in [0.2, 0.25) is 0 Å². The highest BCUT2D eigenvalue weighted by atomic mass is 16.4. The first-order valence-corrected chi connectivity index (χ1v) is 5.07. The first kappa shape index (κ1) is 10.6. The summed E-state index contributed by atoms with van der Waals surface area (Å²) in [5.74, 6) is -0.127. The fourth-order valence-electron chi connectivity index (χ4n) is 1.85. The van der Waals surface area contributed by atoms with E-state index >= 15 is 0 Å². The van der Waals surface area contributed by atoms with Crippen LogP contribution < -0.4 is 0 Å². The number of hydrogen-bond acceptors (Lipinski definition) is 3. The number of carboxylic acid groups (broad SMARTS) is 1. The monoisotopic (exact) mass is 219 g/mol. The van der Waals surface area contributed by atoms with E-state index in [1.807, 2.05) is 24.6 Å². The van der Waals surface area contributed by atoms with Crippen LogP contribution in [0.3, 0.4) is 0 Å². The Morgan fingerprint density at radius 3 is 3.00 bits per heavy atom. The predicted molar refractivity (Wildman–Crippen MR) is 59.2 cm³/mol. The van der Waals surface area contributed by atoms with Crippen molar-refractivity contribution < 1.29 is 9.90 Å². The zero-order valence-electron chi connectivity index (χ0n) is 9.21. The number of aliphatic carboxylic acids is 1. The van der Waals surface area contributed by atoms with Gasteiger partial charge in [0, 0.05) is 19.2 Å². The van der Waals surface area contributed by atoms with Crippen molar-refractivity contribution in [2.45, 2.75) is 19.3 Å². The van der Waals surface area contributed by atoms with E-state index in [2.05, 4.69) is 9.97 Å². The Bertz CT molecular complexity index is 533. The minimum absolute atomic E-state index is 0.0879. The number of nitrogens with zero attached hydrogens (tertiary/aromatic N) is 3. The number of fused-ring (bicyclic) bond motifs is 1. The van der Waals surface area contributed by atoms with Gasteiger partial charge in [0.15, 0.2) is 0 Å². The molecule has 0 fully saturated rings. The van der Waals surface area contributed by atoms with E-state index in [1.54, 1.807) is 12.4 Å². The average molecular weight is 219 g/mol. The second kappa shape index (κ2) is 3.92. The third-order valence-electron chi connectivity index (χ3n) is 2.64. The van der Waals surface area contributed by atoms with E-state index in [-0.39, 0.29) is 12.3 Å². The molecule has 0 amide bonds. The summed E-state index contributed by atoms with van der Waals surface area (Å²) in [7, 11) is 1.88. The second-order valence-corrected chi connectivity index (χ2v) is 3.89. The highest BCUT2D eigenvalue weighted by Gasteiger charge is 2.16. The van der Waals surface area contributed by atoms with Gasteiger partial charge in [-0.1, -0.05) is 6.92 Å². The predicted octanol–water partition coefficient (Wildman–Crippen LogP) is 1.55. The third-order valence-corrected chi connectivity index (χ3v) is 2.64. The summed E-state index contributed by atoms with van der Waals surface area (Å²) in [6.07, 6.45) is 3.50. The lowest BCUT2D eigenvalue weighted by molar-refractivity contribution is -0.137. The molecule has 0 spiro atoms. The maximum Gasteiger partial charge on any atom is 0.304 e. The number of carbonyl (C=O) groups is 1. The number of rotatable bonds is 3. The fraction of sp³-hybridized carbons (Fsp3) is 0.364. The molecule has 2 aromatic heterocycles. The molecule has 16 heavy (non-hydrogen) atoms. The second-order valence-electron chi connectivity index (χ2n) is 3.89. The summed E-state index contributed by atoms with van der Waals surface area (Å²) in [5.41, 5.74) is 1.78. The molecule has 0 radical (unpaired) electrons. The maximum absolute atomic E-state index is 10.7. The standard InChI is InChI=1S/C11H13N3O2/c1-7(5-10(15)16)11-13-8-3-4-12-6-9(8)14(11)2/h3-4,6-7H,5H2,1-2H3,(H,15,16). The minimum atomic E-state index is -0.808. The molecule has 0 aromatic carbocycles. The zero-order chi connectivity index (χ0) is 11.7. The molecule has 1 N–H and O–H groups in total. The molecule has 0 saturated heterocycles. The lowest BCUT2D eigenvalue weighted by Crippen LogP contribution is -2.08. The molecule has 0 aliphatic heterocycles. The molecule has 84 valence electrons. The van der Waals surface area contributed by atoms with Gasteiger partial charge in [-0.25, -0.2) is 4.98 Å². The lowest BCUT2D eigenvalue weighted by atomic mass is 10.1. The van der Waals surface area contributed by atoms with Crippen molar-refractivity contribution >= 4 is 17.0 Å². The van der Waals surface area contributed by atoms with E-state index in [0.29, 0.717) is 0 Å². The van der Waals surface area contributed by atoms with Gasteiger partial charge in [-0.3, -0.25) is 9.78 Å². The first-order valence-electron chi connectivity index (χ1n) is 5.07. The van der Waals surface area contributed by atoms with Crippen LogP contribution in [0, 0.1) is 0 Å². The number of carboxylic acids is 1. The largest absolute Gasteiger partial charge is 0.481 e. The van der Waals surface area contributed by atoms with Gasteiger partial charge in [-0.05, 0) is 6.07 Å². The van der Waals surface area contributed by atoms with Crippen LogP contribution in [0.15, 0.2) is 18.5 Å². The van der Waals surface area contributed by atoms with Crippen LogP contribution in [0.5, 0.6) is 0 Å². The summed E-state index contributed by atoms with van der Waals surface area (Å²) in [5, 5.41) is 8.76. The number of hydrogen-bond donors (Lipinski definition) is 1. The number of aromatic nitrogens is 3. The van der Waals surface area contributed by atoms with Crippen molar-refractivity contribution in [1.82, 2.24) is 14.5 Å². The molecule has 0 bridgehead atoms. The Morgan fingerprint density at radius 1 is 1.62 bits per heavy atom. The Morgan fingerprint density at radius 2 is 2.38 bits per heavy atom. The van der Waals surface area contributed by atoms with Gasteiger partial charge in [-0.2, -0.15) is 0 Å². The topological polar surface area (TPSA) is 68.0 Å². The Labute approximate surface area is 92.8 Å². The van der Waals surface area contributed by atoms with Crippen molar-refractivity contribution in [3.05, 3.63) is 24.3 Å². The van der Waals surface area contributed by atoms with Crippen LogP contribution in [-0.4, -0.2) is 25.6 Å². The molecule has 1 unspecified atom stereocenters. The summed E-state index contributed by atoms with van der Waals surface area (Å²) >= 11 is 0. The van der Waals surface area contributed by atoms with E-state index < -0.39 is 5.97 Å². The highest BCUT2D eigenvalue weighted by molar-refractivity contribution is 5.75. The van der Waals surface area contributed by atoms with Crippen LogP contribution in [0.2, 0.25) is 0 Å². The molecule has 5 nitrogen and oxygen atoms in total. The van der Waals surface area contributed by atoms with Crippen molar-refractivity contribution in [2.75, 3.05) is 0 Å². The molecule has 0 aliphatic carbocycles. The van der Waals surface area contributed by atoms with Gasteiger partial charge >= 0.3 is 5.97 Å². The quantitative estimate of drug-likeness (QED) is 0.850. The molecular formula is C11H13N3O2. The molecule has 2 heterocycles. The van der Waals surface area contributed by atoms with Crippen LogP contribution in [0.4, 0.5) is 0 Å². The number of pyridine rings is 1. The van der Waals surface area contributed by atoms with E-state index in [4.69, 9.17) is 5.11 Å². The molecule has 2 rings (SSSR count). The van der Waals surface area contributed by atoms with Gasteiger partial charge in [-0.15, -0.1) is 0 Å². The molecule has 5 heteroatoms. The van der Waals surface area contributed by atoms with Crippen molar-refractivity contribution in [1.29, 1.82) is 0 Å². The third kappa shape index (κ3) is 1.76. The first-order chi connectivity index (χ1) is 7.59. The molecular weight excluding hydrogens is 206 g/mol. The van der Waals surface area contributed by atoms with Crippen LogP contribution in [0.25, 0.3) is 11.0 Å². The summed E-state index contributed by atoms with van der Waals surface area (Å²) < 4.78 is 1.90. The zero-order valence-corrected chi connectivity index (χ0v) is 9.21. The van der Waals surface area contributed by atoms with E-state index in [9.17, 15) is 4.79 Å². The van der Waals surface area contributed by atoms with Crippen molar-refractivity contribution in [3.63, 3.8) is 0 Å². The van der Waals surface area contributed by atoms with Gasteiger partial charge in [0.1, 0.15) is 5.82 Å². The lowest BCUT2D eigenvalue weighted by Gasteiger charge is -2.08. The Balaban J connectivity index is 2.45. The normalized spacial score (nSPS) is 12.9. The summed E-state index contributed by atoms with van der Waals surface area (Å²) in [6, 6.07) is 1.83. The Kier molecular flexibility index (Phi) is 2.60. The van der Waals surface area contributed by atoms with Gasteiger partial charge in [0.05, 0.1) is 23.7 Å². The fourth-order valence-corrected chi connectivity index (χ4v) is 1.85. The van der Waals surface area contributed by atoms with Crippen molar-refractivity contribution in [2.24, 2.45) is 7.05 Å². The number of aryl methyl sites for hydroxylation is 1. The smallest absolute Gasteiger partial charge is 0.304 e. The van der Waals surface area contributed by atoms with Crippen LogP contribution in [-0.2, 0) is 11.8 Å². The van der Waals surface area contributed by atoms with Gasteiger partial charge < -0.3 is 9.67 Å². The van der Waals surface area contributed by atoms with Crippen LogP contribution in [0.1, 0.15) is 25.1 Å². The molecule has 0 saturated carbocycles. The average Bonchev–Trinajstić information content (AvgIpc) is 2.56. The highest BCUT2D eigenvalue weighted by Crippen LogP contribution is 2.22. The maximum atomic E-state index is 10.7. The van der Waals surface area contributed by atoms with Gasteiger partial charge in [0.25, 0.3) is 0 Å². The van der Waals surface area contributed by atoms with E-state index in [0.717, 1.165) is 16.9 Å². The Hall–Kier alpha value is -1.91. The SMILES string of the molecule is CC(CC(=O)O)c1nc2ccncc2n1C. The summed E-state index contributed by atoms with van der Waals surface area (Å²) in [4.78, 5) is 19.1. The minimum Gasteiger partial charge on any atom is -0.481 e. The van der Waals surface area contributed by atoms with Crippen molar-refractivity contribution in [3.8, 4) is 0 Å². The molecule has 2 aromatic rings. The van der Waals surface area contributed by atoms with E-state index in [1.165, 1.54) is 0 Å².